The molecule has 0 heterocycles. The lowest BCUT2D eigenvalue weighted by molar-refractivity contribution is 0.153. The molecule has 0 aliphatic heterocycles. The molecule has 0 fully saturated rings. The van der Waals surface area contributed by atoms with Gasteiger partial charge < -0.3 is 4.74 Å². The van der Waals surface area contributed by atoms with Gasteiger partial charge in [0.2, 0.25) is 0 Å². The summed E-state index contributed by atoms with van der Waals surface area (Å²) in [4.78, 5) is 0. The first-order valence-corrected chi connectivity index (χ1v) is 5.52. The van der Waals surface area contributed by atoms with Crippen molar-refractivity contribution in [1.29, 1.82) is 0 Å². The van der Waals surface area contributed by atoms with E-state index in [0.29, 0.717) is 13.2 Å². The highest BCUT2D eigenvalue weighted by molar-refractivity contribution is 5.32. The summed E-state index contributed by atoms with van der Waals surface area (Å²) in [6.07, 6.45) is 0. The lowest BCUT2D eigenvalue weighted by atomic mass is 10.2. The zero-order valence-electron chi connectivity index (χ0n) is 9.52. The predicted octanol–water partition coefficient (Wildman–Crippen LogP) is 3.06. The van der Waals surface area contributed by atoms with E-state index in [2.05, 4.69) is 17.9 Å². The molecule has 0 aliphatic rings. The summed E-state index contributed by atoms with van der Waals surface area (Å²) in [5, 5.41) is 0. The van der Waals surface area contributed by atoms with Gasteiger partial charge in [-0.2, -0.15) is 0 Å². The average molecular weight is 221 g/mol. The van der Waals surface area contributed by atoms with E-state index in [-0.39, 0.29) is 0 Å². The van der Waals surface area contributed by atoms with Gasteiger partial charge in [-0.25, -0.2) is 0 Å². The maximum Gasteiger partial charge on any atom is 0.108 e. The minimum Gasteiger partial charge on any atom is -0.364 e. The maximum absolute atomic E-state index is 5.45. The van der Waals surface area contributed by atoms with E-state index >= 15 is 0 Å². The second-order valence-electron chi connectivity index (χ2n) is 3.56. The molecule has 17 heavy (non-hydrogen) atoms. The average Bonchev–Trinajstić information content (AvgIpc) is 2.41. The Kier molecular flexibility index (Phi) is 4.39. The molecule has 1 nitrogen and oxygen atoms in total. The smallest absolute Gasteiger partial charge is 0.108 e. The largest absolute Gasteiger partial charge is 0.364 e. The molecule has 0 saturated heterocycles. The Bertz CT molecular complexity index is 491. The van der Waals surface area contributed by atoms with Crippen LogP contribution < -0.4 is 0 Å². The molecule has 0 atom stereocenters. The van der Waals surface area contributed by atoms with Crippen LogP contribution in [0.25, 0.3) is 0 Å². The Balaban J connectivity index is 1.76. The van der Waals surface area contributed by atoms with Crippen molar-refractivity contribution in [2.24, 2.45) is 0 Å². The third-order valence-corrected chi connectivity index (χ3v) is 2.22. The van der Waals surface area contributed by atoms with Crippen molar-refractivity contribution < 1.29 is 4.74 Å². The highest BCUT2D eigenvalue weighted by atomic mass is 16.5. The molecule has 0 aromatic heterocycles. The van der Waals surface area contributed by atoms with Crippen LogP contribution in [-0.4, -0.2) is 6.61 Å². The predicted molar refractivity (Wildman–Crippen MR) is 68.3 cm³/mol. The van der Waals surface area contributed by atoms with Crippen LogP contribution in [-0.2, 0) is 11.3 Å². The molecule has 0 spiro atoms. The van der Waals surface area contributed by atoms with Crippen LogP contribution in [0.15, 0.2) is 54.6 Å². The molecule has 2 aromatic rings. The fourth-order valence-electron chi connectivity index (χ4n) is 1.40. The van der Waals surface area contributed by atoms with Crippen molar-refractivity contribution in [3.63, 3.8) is 0 Å². The molecular formula is C16H13O. The minimum atomic E-state index is 0.442. The Morgan fingerprint density at radius 2 is 1.82 bits per heavy atom. The van der Waals surface area contributed by atoms with Crippen molar-refractivity contribution in [1.82, 2.24) is 0 Å². The zero-order chi connectivity index (χ0) is 11.8. The maximum atomic E-state index is 5.45. The van der Waals surface area contributed by atoms with E-state index in [4.69, 9.17) is 4.74 Å². The molecular weight excluding hydrogens is 208 g/mol. The lowest BCUT2D eigenvalue weighted by Gasteiger charge is -1.99. The van der Waals surface area contributed by atoms with Crippen LogP contribution in [0.5, 0.6) is 0 Å². The van der Waals surface area contributed by atoms with Crippen molar-refractivity contribution >= 4 is 0 Å². The Hall–Kier alpha value is -2.04. The second-order valence-corrected chi connectivity index (χ2v) is 3.56. The van der Waals surface area contributed by atoms with E-state index in [1.807, 2.05) is 54.6 Å². The van der Waals surface area contributed by atoms with Crippen molar-refractivity contribution in [2.75, 3.05) is 6.61 Å². The molecule has 2 rings (SSSR count). The highest BCUT2D eigenvalue weighted by Gasteiger charge is 1.89. The van der Waals surface area contributed by atoms with Gasteiger partial charge in [0, 0.05) is 5.56 Å². The summed E-state index contributed by atoms with van der Waals surface area (Å²) in [6, 6.07) is 20.8. The van der Waals surface area contributed by atoms with Gasteiger partial charge in [-0.05, 0) is 17.7 Å². The van der Waals surface area contributed by atoms with Crippen LogP contribution in [0.1, 0.15) is 11.1 Å². The van der Waals surface area contributed by atoms with Gasteiger partial charge in [0.25, 0.3) is 0 Å². The van der Waals surface area contributed by atoms with Crippen molar-refractivity contribution in [3.8, 4) is 11.8 Å². The molecule has 0 unspecified atom stereocenters. The molecule has 1 radical (unpaired) electrons. The molecule has 0 saturated carbocycles. The number of hydrogen-bond donors (Lipinski definition) is 0. The second kappa shape index (κ2) is 6.52. The van der Waals surface area contributed by atoms with Crippen LogP contribution in [0.2, 0.25) is 0 Å². The summed E-state index contributed by atoms with van der Waals surface area (Å²) in [5.41, 5.74) is 2.07. The molecule has 83 valence electrons. The molecule has 2 aromatic carbocycles. The number of hydrogen-bond acceptors (Lipinski definition) is 1. The molecule has 0 amide bonds. The van der Waals surface area contributed by atoms with Crippen LogP contribution >= 0.6 is 0 Å². The minimum absolute atomic E-state index is 0.442. The van der Waals surface area contributed by atoms with Gasteiger partial charge in [0.15, 0.2) is 0 Å². The normalized spacial score (nSPS) is 9.41. The van der Waals surface area contributed by atoms with Gasteiger partial charge in [-0.1, -0.05) is 60.4 Å². The Labute approximate surface area is 102 Å². The van der Waals surface area contributed by atoms with E-state index in [1.54, 1.807) is 0 Å². The quantitative estimate of drug-likeness (QED) is 0.571. The van der Waals surface area contributed by atoms with Crippen molar-refractivity contribution in [3.05, 3.63) is 71.8 Å². The summed E-state index contributed by atoms with van der Waals surface area (Å²) >= 11 is 0. The summed E-state index contributed by atoms with van der Waals surface area (Å²) in [7, 11) is 0. The third kappa shape index (κ3) is 4.14. The van der Waals surface area contributed by atoms with E-state index < -0.39 is 0 Å². The van der Waals surface area contributed by atoms with E-state index in [0.717, 1.165) is 5.56 Å². The fourth-order valence-corrected chi connectivity index (χ4v) is 1.40. The third-order valence-electron chi connectivity index (χ3n) is 2.22. The summed E-state index contributed by atoms with van der Waals surface area (Å²) < 4.78 is 5.45. The molecule has 0 bridgehead atoms. The number of rotatable bonds is 3. The monoisotopic (exact) mass is 221 g/mol. The first-order chi connectivity index (χ1) is 8.45. The first kappa shape index (κ1) is 11.4. The van der Waals surface area contributed by atoms with E-state index in [1.165, 1.54) is 5.56 Å². The topological polar surface area (TPSA) is 9.23 Å². The molecule has 0 N–H and O–H groups in total. The number of ether oxygens (including phenoxy) is 1. The highest BCUT2D eigenvalue weighted by Crippen LogP contribution is 1.99. The van der Waals surface area contributed by atoms with Crippen molar-refractivity contribution in [2.45, 2.75) is 6.61 Å². The van der Waals surface area contributed by atoms with Gasteiger partial charge in [-0.15, -0.1) is 0 Å². The summed E-state index contributed by atoms with van der Waals surface area (Å²) in [6.45, 7) is 1.05. The van der Waals surface area contributed by atoms with Gasteiger partial charge in [-0.3, -0.25) is 0 Å². The van der Waals surface area contributed by atoms with Crippen LogP contribution in [0, 0.1) is 17.9 Å². The summed E-state index contributed by atoms with van der Waals surface area (Å²) in [5.74, 6) is 5.97. The standard InChI is InChI=1S/C16H13O/c1-3-8-15(9-4-1)12-7-13-17-14-16-10-5-2-6-11-16/h1-6,8,10-11H,13-14H2. The molecule has 1 heteroatoms. The van der Waals surface area contributed by atoms with Gasteiger partial charge >= 0.3 is 0 Å². The molecule has 0 aliphatic carbocycles. The van der Waals surface area contributed by atoms with Crippen LogP contribution in [0.3, 0.4) is 0 Å². The lowest BCUT2D eigenvalue weighted by Crippen LogP contribution is -1.92. The van der Waals surface area contributed by atoms with Crippen LogP contribution in [0.4, 0.5) is 0 Å². The fraction of sp³-hybridized carbons (Fsp3) is 0.125. The Morgan fingerprint density at radius 1 is 1.00 bits per heavy atom. The van der Waals surface area contributed by atoms with Gasteiger partial charge in [0.05, 0.1) is 6.61 Å². The SMILES string of the molecule is C(#Cc1[c]cccc1)COCc1ccccc1. The van der Waals surface area contributed by atoms with Gasteiger partial charge in [0.1, 0.15) is 6.61 Å². The van der Waals surface area contributed by atoms with E-state index in [9.17, 15) is 0 Å². The zero-order valence-corrected chi connectivity index (χ0v) is 9.52. The Morgan fingerprint density at radius 3 is 2.59 bits per heavy atom. The first-order valence-electron chi connectivity index (χ1n) is 5.52. The number of benzene rings is 2.